The second kappa shape index (κ2) is 8.97. The summed E-state index contributed by atoms with van der Waals surface area (Å²) >= 11 is 0. The van der Waals surface area contributed by atoms with Gasteiger partial charge in [-0.2, -0.15) is 4.31 Å². The highest BCUT2D eigenvalue weighted by atomic mass is 32.2. The molecule has 4 rings (SSSR count). The van der Waals surface area contributed by atoms with Gasteiger partial charge in [0.05, 0.1) is 23.7 Å². The van der Waals surface area contributed by atoms with E-state index >= 15 is 0 Å². The molecule has 31 heavy (non-hydrogen) atoms. The van der Waals surface area contributed by atoms with Gasteiger partial charge in [-0.1, -0.05) is 48.5 Å². The number of benzene rings is 3. The maximum Gasteiger partial charge on any atom is 0.258 e. The van der Waals surface area contributed by atoms with E-state index in [0.29, 0.717) is 18.9 Å². The minimum atomic E-state index is -3.85. The third kappa shape index (κ3) is 4.51. The highest BCUT2D eigenvalue weighted by molar-refractivity contribution is 7.89. The first-order chi connectivity index (χ1) is 15.0. The molecule has 8 heteroatoms. The molecule has 6 nitrogen and oxygen atoms in total. The van der Waals surface area contributed by atoms with Crippen LogP contribution in [-0.4, -0.2) is 44.9 Å². The lowest BCUT2D eigenvalue weighted by Gasteiger charge is -2.26. The van der Waals surface area contributed by atoms with E-state index in [9.17, 15) is 17.6 Å². The van der Waals surface area contributed by atoms with Crippen molar-refractivity contribution >= 4 is 21.6 Å². The van der Waals surface area contributed by atoms with Crippen LogP contribution in [0.25, 0.3) is 11.1 Å². The molecule has 0 aromatic heterocycles. The first-order valence-electron chi connectivity index (χ1n) is 9.80. The maximum atomic E-state index is 14.5. The lowest BCUT2D eigenvalue weighted by Crippen LogP contribution is -2.40. The van der Waals surface area contributed by atoms with Gasteiger partial charge in [0.15, 0.2) is 0 Å². The molecular weight excluding hydrogens is 419 g/mol. The van der Waals surface area contributed by atoms with Gasteiger partial charge < -0.3 is 10.1 Å². The smallest absolute Gasteiger partial charge is 0.258 e. The standard InChI is InChI=1S/C23H21FN2O4S/c24-21-11-10-18(31(28,29)26-12-14-30-15-13-26)16-20(21)23(27)25-22-9-5-4-8-19(22)17-6-2-1-3-7-17/h1-11,16H,12-15H2,(H,25,27). The Morgan fingerprint density at radius 2 is 1.61 bits per heavy atom. The Kier molecular flexibility index (Phi) is 6.13. The Morgan fingerprint density at radius 1 is 0.935 bits per heavy atom. The van der Waals surface area contributed by atoms with Gasteiger partial charge in [-0.3, -0.25) is 4.79 Å². The lowest BCUT2D eigenvalue weighted by molar-refractivity contribution is 0.0730. The summed E-state index contributed by atoms with van der Waals surface area (Å²) in [6, 6.07) is 19.9. The molecule has 0 bridgehead atoms. The number of ether oxygens (including phenoxy) is 1. The Morgan fingerprint density at radius 3 is 2.35 bits per heavy atom. The molecule has 1 amide bonds. The molecule has 0 spiro atoms. The van der Waals surface area contributed by atoms with Crippen LogP contribution >= 0.6 is 0 Å². The summed E-state index contributed by atoms with van der Waals surface area (Å²) in [6.45, 7) is 1.02. The molecule has 160 valence electrons. The molecule has 1 aliphatic heterocycles. The summed E-state index contributed by atoms with van der Waals surface area (Å²) in [5.74, 6) is -1.52. The molecule has 0 radical (unpaired) electrons. The predicted molar refractivity (Wildman–Crippen MR) is 116 cm³/mol. The van der Waals surface area contributed by atoms with E-state index in [1.807, 2.05) is 42.5 Å². The van der Waals surface area contributed by atoms with Crippen LogP contribution in [0.1, 0.15) is 10.4 Å². The van der Waals surface area contributed by atoms with Crippen molar-refractivity contribution in [2.24, 2.45) is 0 Å². The number of para-hydroxylation sites is 1. The molecular formula is C23H21FN2O4S. The van der Waals surface area contributed by atoms with Gasteiger partial charge in [0.25, 0.3) is 5.91 Å². The summed E-state index contributed by atoms with van der Waals surface area (Å²) in [7, 11) is -3.85. The largest absolute Gasteiger partial charge is 0.379 e. The van der Waals surface area contributed by atoms with Crippen LogP contribution in [-0.2, 0) is 14.8 Å². The third-order valence-electron chi connectivity index (χ3n) is 5.05. The number of rotatable bonds is 5. The van der Waals surface area contributed by atoms with Crippen LogP contribution in [0.5, 0.6) is 0 Å². The second-order valence-electron chi connectivity index (χ2n) is 7.02. The number of nitrogens with one attached hydrogen (secondary N) is 1. The van der Waals surface area contributed by atoms with Crippen molar-refractivity contribution in [3.8, 4) is 11.1 Å². The molecule has 0 aliphatic carbocycles. The van der Waals surface area contributed by atoms with Crippen molar-refractivity contribution in [1.82, 2.24) is 4.31 Å². The van der Waals surface area contributed by atoms with Gasteiger partial charge in [0.2, 0.25) is 10.0 Å². The van der Waals surface area contributed by atoms with Crippen LogP contribution in [0.2, 0.25) is 0 Å². The number of sulfonamides is 1. The molecule has 1 heterocycles. The zero-order chi connectivity index (χ0) is 21.8. The van der Waals surface area contributed by atoms with Crippen LogP contribution in [0.15, 0.2) is 77.7 Å². The lowest BCUT2D eigenvalue weighted by atomic mass is 10.0. The molecule has 0 saturated carbocycles. The van der Waals surface area contributed by atoms with Crippen molar-refractivity contribution in [3.63, 3.8) is 0 Å². The Labute approximate surface area is 180 Å². The van der Waals surface area contributed by atoms with Crippen LogP contribution in [0.4, 0.5) is 10.1 Å². The minimum absolute atomic E-state index is 0.128. The Bertz CT molecular complexity index is 1190. The van der Waals surface area contributed by atoms with E-state index in [2.05, 4.69) is 5.32 Å². The van der Waals surface area contributed by atoms with Gasteiger partial charge in [0, 0.05) is 24.3 Å². The highest BCUT2D eigenvalue weighted by Crippen LogP contribution is 2.28. The molecule has 1 saturated heterocycles. The van der Waals surface area contributed by atoms with E-state index in [1.54, 1.807) is 12.1 Å². The Hall–Kier alpha value is -3.07. The van der Waals surface area contributed by atoms with Crippen molar-refractivity contribution in [2.75, 3.05) is 31.6 Å². The van der Waals surface area contributed by atoms with Gasteiger partial charge in [-0.25, -0.2) is 12.8 Å². The highest BCUT2D eigenvalue weighted by Gasteiger charge is 2.28. The number of hydrogen-bond acceptors (Lipinski definition) is 4. The normalized spacial score (nSPS) is 14.9. The summed E-state index contributed by atoms with van der Waals surface area (Å²) in [6.07, 6.45) is 0. The average Bonchev–Trinajstić information content (AvgIpc) is 2.80. The van der Waals surface area contributed by atoms with Gasteiger partial charge in [-0.05, 0) is 29.8 Å². The molecule has 0 atom stereocenters. The first-order valence-corrected chi connectivity index (χ1v) is 11.2. The number of carbonyl (C=O) groups excluding carboxylic acids is 1. The summed E-state index contributed by atoms with van der Waals surface area (Å²) in [4.78, 5) is 12.8. The molecule has 3 aromatic rings. The fourth-order valence-electron chi connectivity index (χ4n) is 3.43. The van der Waals surface area contributed by atoms with Crippen molar-refractivity contribution in [2.45, 2.75) is 4.90 Å². The molecule has 3 aromatic carbocycles. The van der Waals surface area contributed by atoms with E-state index in [0.717, 1.165) is 23.3 Å². The summed E-state index contributed by atoms with van der Waals surface area (Å²) in [5, 5.41) is 2.72. The second-order valence-corrected chi connectivity index (χ2v) is 8.96. The van der Waals surface area contributed by atoms with Crippen LogP contribution < -0.4 is 5.32 Å². The number of halogens is 1. The van der Waals surface area contributed by atoms with E-state index in [1.165, 1.54) is 10.4 Å². The fraction of sp³-hybridized carbons (Fsp3) is 0.174. The van der Waals surface area contributed by atoms with E-state index in [-0.39, 0.29) is 23.5 Å². The van der Waals surface area contributed by atoms with E-state index < -0.39 is 21.7 Å². The monoisotopic (exact) mass is 440 g/mol. The number of carbonyl (C=O) groups is 1. The van der Waals surface area contributed by atoms with Crippen molar-refractivity contribution in [1.29, 1.82) is 0 Å². The van der Waals surface area contributed by atoms with Gasteiger partial charge in [-0.15, -0.1) is 0 Å². The fourth-order valence-corrected chi connectivity index (χ4v) is 4.86. The average molecular weight is 440 g/mol. The van der Waals surface area contributed by atoms with E-state index in [4.69, 9.17) is 4.74 Å². The molecule has 0 unspecified atom stereocenters. The zero-order valence-electron chi connectivity index (χ0n) is 16.6. The van der Waals surface area contributed by atoms with Gasteiger partial charge >= 0.3 is 0 Å². The summed E-state index contributed by atoms with van der Waals surface area (Å²) in [5.41, 5.74) is 1.83. The number of nitrogens with zero attached hydrogens (tertiary/aromatic N) is 1. The van der Waals surface area contributed by atoms with Gasteiger partial charge in [0.1, 0.15) is 5.82 Å². The molecule has 1 fully saturated rings. The maximum absolute atomic E-state index is 14.5. The minimum Gasteiger partial charge on any atom is -0.379 e. The topological polar surface area (TPSA) is 75.7 Å². The first kappa shape index (κ1) is 21.2. The third-order valence-corrected chi connectivity index (χ3v) is 6.94. The quantitative estimate of drug-likeness (QED) is 0.655. The number of anilines is 1. The van der Waals surface area contributed by atoms with Crippen LogP contribution in [0.3, 0.4) is 0 Å². The molecule has 1 N–H and O–H groups in total. The zero-order valence-corrected chi connectivity index (χ0v) is 17.4. The predicted octanol–water partition coefficient (Wildman–Crippen LogP) is 3.77. The number of hydrogen-bond donors (Lipinski definition) is 1. The SMILES string of the molecule is O=C(Nc1ccccc1-c1ccccc1)c1cc(S(=O)(=O)N2CCOCC2)ccc1F. The summed E-state index contributed by atoms with van der Waals surface area (Å²) < 4.78 is 46.7. The molecule has 1 aliphatic rings. The number of morpholine rings is 1. The number of amides is 1. The van der Waals surface area contributed by atoms with Crippen molar-refractivity contribution in [3.05, 3.63) is 84.2 Å². The Balaban J connectivity index is 1.64. The van der Waals surface area contributed by atoms with Crippen molar-refractivity contribution < 1.29 is 22.3 Å². The van der Waals surface area contributed by atoms with Crippen LogP contribution in [0, 0.1) is 5.82 Å².